The van der Waals surface area contributed by atoms with Crippen LogP contribution in [0.1, 0.15) is 5.89 Å². The Morgan fingerprint density at radius 3 is 2.94 bits per heavy atom. The van der Waals surface area contributed by atoms with E-state index in [2.05, 4.69) is 26.1 Å². The number of hydrogen-bond acceptors (Lipinski definition) is 4. The van der Waals surface area contributed by atoms with Crippen molar-refractivity contribution in [3.63, 3.8) is 0 Å². The van der Waals surface area contributed by atoms with Crippen LogP contribution >= 0.6 is 15.9 Å². The molecule has 1 aromatic carbocycles. The van der Waals surface area contributed by atoms with Crippen molar-refractivity contribution < 1.29 is 18.7 Å². The van der Waals surface area contributed by atoms with Gasteiger partial charge in [-0.2, -0.15) is 0 Å². The van der Waals surface area contributed by atoms with Gasteiger partial charge >= 0.3 is 5.97 Å². The van der Waals surface area contributed by atoms with E-state index < -0.39 is 11.8 Å². The van der Waals surface area contributed by atoms with Crippen LogP contribution in [-0.4, -0.2) is 21.3 Å². The van der Waals surface area contributed by atoms with Crippen LogP contribution in [0.3, 0.4) is 0 Å². The quantitative estimate of drug-likeness (QED) is 0.882. The summed E-state index contributed by atoms with van der Waals surface area (Å²) in [5.74, 6) is -1.68. The van der Waals surface area contributed by atoms with Crippen molar-refractivity contribution in [1.29, 1.82) is 0 Å². The van der Waals surface area contributed by atoms with Gasteiger partial charge in [-0.25, -0.2) is 9.18 Å². The van der Waals surface area contributed by atoms with Gasteiger partial charge in [-0.1, -0.05) is 6.07 Å². The van der Waals surface area contributed by atoms with Crippen LogP contribution in [0.15, 0.2) is 33.2 Å². The van der Waals surface area contributed by atoms with E-state index in [1.807, 2.05) is 0 Å². The van der Waals surface area contributed by atoms with E-state index in [0.29, 0.717) is 0 Å². The van der Waals surface area contributed by atoms with E-state index >= 15 is 0 Å². The molecule has 92 valence electrons. The number of carboxylic acid groups (broad SMARTS) is 1. The van der Waals surface area contributed by atoms with Gasteiger partial charge in [0.05, 0.1) is 10.0 Å². The fourth-order valence-corrected chi connectivity index (χ4v) is 1.59. The van der Waals surface area contributed by atoms with Crippen molar-refractivity contribution in [2.45, 2.75) is 0 Å². The molecule has 0 saturated carbocycles. The molecule has 1 heterocycles. The molecule has 5 nitrogen and oxygen atoms in total. The number of carboxylic acids is 1. The average molecular weight is 313 g/mol. The first kappa shape index (κ1) is 12.4. The summed E-state index contributed by atoms with van der Waals surface area (Å²) in [4.78, 5) is 10.3. The molecule has 0 atom stereocenters. The molecule has 1 aromatic heterocycles. The van der Waals surface area contributed by atoms with Gasteiger partial charge in [0, 0.05) is 12.2 Å². The Bertz CT molecular complexity index is 625. The Kier molecular flexibility index (Phi) is 3.52. The number of rotatable bonds is 3. The number of aromatic nitrogens is 2. The summed E-state index contributed by atoms with van der Waals surface area (Å²) in [7, 11) is 0. The van der Waals surface area contributed by atoms with E-state index in [4.69, 9.17) is 9.52 Å². The lowest BCUT2D eigenvalue weighted by atomic mass is 10.2. The molecular weight excluding hydrogens is 307 g/mol. The van der Waals surface area contributed by atoms with Crippen molar-refractivity contribution in [1.82, 2.24) is 10.2 Å². The van der Waals surface area contributed by atoms with E-state index in [-0.39, 0.29) is 21.8 Å². The van der Waals surface area contributed by atoms with E-state index in [1.54, 1.807) is 12.1 Å². The fraction of sp³-hybridized carbons (Fsp3) is 0. The molecule has 0 aliphatic carbocycles. The first-order valence-electron chi connectivity index (χ1n) is 4.77. The molecule has 0 saturated heterocycles. The molecule has 1 N–H and O–H groups in total. The van der Waals surface area contributed by atoms with Crippen molar-refractivity contribution in [2.75, 3.05) is 0 Å². The summed E-state index contributed by atoms with van der Waals surface area (Å²) in [6.07, 6.45) is 1.99. The molecule has 0 aliphatic heterocycles. The number of hydrogen-bond donors (Lipinski definition) is 1. The van der Waals surface area contributed by atoms with Crippen molar-refractivity contribution >= 4 is 28.0 Å². The smallest absolute Gasteiger partial charge is 0.328 e. The highest BCUT2D eigenvalue weighted by molar-refractivity contribution is 9.10. The summed E-state index contributed by atoms with van der Waals surface area (Å²) < 4.78 is 19.1. The van der Waals surface area contributed by atoms with E-state index in [1.165, 1.54) is 6.07 Å². The third kappa shape index (κ3) is 2.62. The third-order valence-electron chi connectivity index (χ3n) is 1.99. The second-order valence-electron chi connectivity index (χ2n) is 3.22. The van der Waals surface area contributed by atoms with Gasteiger partial charge in [0.25, 0.3) is 5.89 Å². The molecule has 0 unspecified atom stereocenters. The Morgan fingerprint density at radius 1 is 1.44 bits per heavy atom. The zero-order chi connectivity index (χ0) is 13.1. The first-order chi connectivity index (χ1) is 8.58. The zero-order valence-electron chi connectivity index (χ0n) is 8.80. The highest BCUT2D eigenvalue weighted by atomic mass is 79.9. The molecule has 18 heavy (non-hydrogen) atoms. The van der Waals surface area contributed by atoms with Crippen LogP contribution in [0.5, 0.6) is 0 Å². The summed E-state index contributed by atoms with van der Waals surface area (Å²) in [6, 6.07) is 4.65. The Morgan fingerprint density at radius 2 is 2.22 bits per heavy atom. The second kappa shape index (κ2) is 5.09. The van der Waals surface area contributed by atoms with Crippen LogP contribution < -0.4 is 0 Å². The molecule has 0 aliphatic rings. The lowest BCUT2D eigenvalue weighted by Crippen LogP contribution is -1.85. The van der Waals surface area contributed by atoms with Crippen LogP contribution in [0.25, 0.3) is 17.5 Å². The molecular formula is C11H6BrFN2O3. The van der Waals surface area contributed by atoms with E-state index in [0.717, 1.165) is 12.2 Å². The SMILES string of the molecule is O=C(O)/C=C/c1nnc(-c2cccc(Br)c2F)o1. The molecule has 0 fully saturated rings. The average Bonchev–Trinajstić information content (AvgIpc) is 2.78. The van der Waals surface area contributed by atoms with Gasteiger partial charge in [-0.3, -0.25) is 0 Å². The summed E-state index contributed by atoms with van der Waals surface area (Å²) >= 11 is 3.04. The Labute approximate surface area is 109 Å². The van der Waals surface area contributed by atoms with Crippen LogP contribution in [0.2, 0.25) is 0 Å². The zero-order valence-corrected chi connectivity index (χ0v) is 10.4. The Hall–Kier alpha value is -2.02. The van der Waals surface area contributed by atoms with Gasteiger partial charge < -0.3 is 9.52 Å². The maximum absolute atomic E-state index is 13.7. The van der Waals surface area contributed by atoms with Gasteiger partial charge in [0.2, 0.25) is 5.89 Å². The van der Waals surface area contributed by atoms with Crippen molar-refractivity contribution in [2.24, 2.45) is 0 Å². The molecule has 0 spiro atoms. The minimum absolute atomic E-state index is 0.00762. The number of benzene rings is 1. The largest absolute Gasteiger partial charge is 0.478 e. The maximum Gasteiger partial charge on any atom is 0.328 e. The van der Waals surface area contributed by atoms with Crippen LogP contribution in [0.4, 0.5) is 4.39 Å². The minimum atomic E-state index is -1.14. The molecule has 2 aromatic rings. The second-order valence-corrected chi connectivity index (χ2v) is 4.07. The van der Waals surface area contributed by atoms with Crippen LogP contribution in [-0.2, 0) is 4.79 Å². The number of carbonyl (C=O) groups is 1. The summed E-state index contributed by atoms with van der Waals surface area (Å²) in [6.45, 7) is 0. The number of aliphatic carboxylic acids is 1. The molecule has 0 bridgehead atoms. The predicted molar refractivity (Wildman–Crippen MR) is 64.1 cm³/mol. The number of halogens is 2. The lowest BCUT2D eigenvalue weighted by molar-refractivity contribution is -0.131. The van der Waals surface area contributed by atoms with Gasteiger partial charge in [-0.15, -0.1) is 10.2 Å². The minimum Gasteiger partial charge on any atom is -0.478 e. The van der Waals surface area contributed by atoms with Gasteiger partial charge in [0.15, 0.2) is 0 Å². The maximum atomic E-state index is 13.7. The van der Waals surface area contributed by atoms with Crippen molar-refractivity contribution in [3.8, 4) is 11.5 Å². The first-order valence-corrected chi connectivity index (χ1v) is 5.56. The number of nitrogens with zero attached hydrogens (tertiary/aromatic N) is 2. The highest BCUT2D eigenvalue weighted by Crippen LogP contribution is 2.26. The molecule has 7 heteroatoms. The van der Waals surface area contributed by atoms with E-state index in [9.17, 15) is 9.18 Å². The van der Waals surface area contributed by atoms with Crippen molar-refractivity contribution in [3.05, 3.63) is 40.5 Å². The summed E-state index contributed by atoms with van der Waals surface area (Å²) in [5.41, 5.74) is 0.145. The summed E-state index contributed by atoms with van der Waals surface area (Å²) in [5, 5.41) is 15.7. The fourth-order valence-electron chi connectivity index (χ4n) is 1.22. The molecule has 2 rings (SSSR count). The molecule has 0 amide bonds. The molecule has 0 radical (unpaired) electrons. The standard InChI is InChI=1S/C11H6BrFN2O3/c12-7-3-1-2-6(10(7)13)11-15-14-8(18-11)4-5-9(16)17/h1-5H,(H,16,17)/b5-4+. The topological polar surface area (TPSA) is 76.2 Å². The van der Waals surface area contributed by atoms with Gasteiger partial charge in [0.1, 0.15) is 5.82 Å². The van der Waals surface area contributed by atoms with Crippen LogP contribution in [0, 0.1) is 5.82 Å². The normalized spacial score (nSPS) is 11.0. The van der Waals surface area contributed by atoms with Gasteiger partial charge in [-0.05, 0) is 28.1 Å². The highest BCUT2D eigenvalue weighted by Gasteiger charge is 2.13. The predicted octanol–water partition coefficient (Wildman–Crippen LogP) is 2.74. The third-order valence-corrected chi connectivity index (χ3v) is 2.60. The lowest BCUT2D eigenvalue weighted by Gasteiger charge is -1.98. The monoisotopic (exact) mass is 312 g/mol. The Balaban J connectivity index is 2.35.